The molecule has 3 aromatic heterocycles. The molecular weight excluding hydrogens is 374 g/mol. The maximum atomic E-state index is 4.81. The van der Waals surface area contributed by atoms with Crippen LogP contribution < -0.4 is 0 Å². The lowest BCUT2D eigenvalue weighted by Gasteiger charge is -2.08. The number of hydrogen-bond acceptors (Lipinski definition) is 4. The number of benzene rings is 1. The van der Waals surface area contributed by atoms with Gasteiger partial charge in [0.2, 0.25) is 0 Å². The molecular formula is C16H14BrN5S. The van der Waals surface area contributed by atoms with Crippen LogP contribution in [-0.2, 0) is 13.1 Å². The van der Waals surface area contributed by atoms with Gasteiger partial charge in [0.05, 0.1) is 17.6 Å². The number of aromatic nitrogens is 5. The Morgan fingerprint density at radius 1 is 1.22 bits per heavy atom. The zero-order valence-electron chi connectivity index (χ0n) is 12.5. The Morgan fingerprint density at radius 2 is 2.13 bits per heavy atom. The van der Waals surface area contributed by atoms with Crippen molar-refractivity contribution in [3.05, 3.63) is 52.5 Å². The van der Waals surface area contributed by atoms with Crippen molar-refractivity contribution in [3.63, 3.8) is 0 Å². The molecule has 5 nitrogen and oxygen atoms in total. The van der Waals surface area contributed by atoms with Gasteiger partial charge in [0.15, 0.2) is 10.8 Å². The van der Waals surface area contributed by atoms with E-state index in [0.717, 1.165) is 38.7 Å². The molecule has 0 saturated carbocycles. The number of rotatable bonds is 4. The number of aryl methyl sites for hydroxylation is 1. The predicted octanol–water partition coefficient (Wildman–Crippen LogP) is 4.19. The van der Waals surface area contributed by atoms with Crippen molar-refractivity contribution in [2.75, 3.05) is 0 Å². The van der Waals surface area contributed by atoms with Gasteiger partial charge in [0.1, 0.15) is 5.82 Å². The van der Waals surface area contributed by atoms with Crippen LogP contribution in [0.15, 0.2) is 46.6 Å². The third kappa shape index (κ3) is 2.60. The summed E-state index contributed by atoms with van der Waals surface area (Å²) in [4.78, 5) is 13.6. The Labute approximate surface area is 145 Å². The van der Waals surface area contributed by atoms with Crippen LogP contribution in [0.3, 0.4) is 0 Å². The Balaban J connectivity index is 1.78. The number of nitrogens with zero attached hydrogens (tertiary/aromatic N) is 5. The van der Waals surface area contributed by atoms with Crippen molar-refractivity contribution in [2.45, 2.75) is 20.0 Å². The summed E-state index contributed by atoms with van der Waals surface area (Å²) in [6, 6.07) is 6.22. The van der Waals surface area contributed by atoms with Crippen molar-refractivity contribution in [2.24, 2.45) is 0 Å². The Morgan fingerprint density at radius 3 is 2.91 bits per heavy atom. The molecule has 4 aromatic rings. The lowest BCUT2D eigenvalue weighted by molar-refractivity contribution is 0.667. The number of hydrogen-bond donors (Lipinski definition) is 0. The highest BCUT2D eigenvalue weighted by Gasteiger charge is 2.14. The molecule has 0 bridgehead atoms. The molecule has 0 aliphatic heterocycles. The van der Waals surface area contributed by atoms with Crippen LogP contribution in [0.25, 0.3) is 21.9 Å². The third-order valence-electron chi connectivity index (χ3n) is 3.76. The average Bonchev–Trinajstić information content (AvgIpc) is 3.25. The van der Waals surface area contributed by atoms with E-state index in [1.165, 1.54) is 0 Å². The second-order valence-electron chi connectivity index (χ2n) is 5.12. The fourth-order valence-corrected chi connectivity index (χ4v) is 3.74. The van der Waals surface area contributed by atoms with Gasteiger partial charge < -0.3 is 9.13 Å². The van der Waals surface area contributed by atoms with E-state index in [1.807, 2.05) is 17.8 Å². The van der Waals surface area contributed by atoms with Crippen molar-refractivity contribution in [1.29, 1.82) is 0 Å². The zero-order valence-corrected chi connectivity index (χ0v) is 14.9. The molecule has 0 spiro atoms. The number of halogens is 1. The van der Waals surface area contributed by atoms with Crippen LogP contribution >= 0.6 is 27.3 Å². The van der Waals surface area contributed by atoms with E-state index in [1.54, 1.807) is 17.5 Å². The molecule has 0 unspecified atom stereocenters. The summed E-state index contributed by atoms with van der Waals surface area (Å²) in [5.41, 5.74) is 2.16. The Kier molecular flexibility index (Phi) is 3.74. The Hall–Kier alpha value is -1.99. The molecule has 116 valence electrons. The third-order valence-corrected chi connectivity index (χ3v) is 5.02. The first-order chi connectivity index (χ1) is 11.3. The molecule has 0 saturated heterocycles. The van der Waals surface area contributed by atoms with Crippen molar-refractivity contribution >= 4 is 38.3 Å². The van der Waals surface area contributed by atoms with Crippen molar-refractivity contribution in [3.8, 4) is 10.8 Å². The summed E-state index contributed by atoms with van der Waals surface area (Å²) < 4.78 is 5.39. The molecule has 0 amide bonds. The topological polar surface area (TPSA) is 48.5 Å². The van der Waals surface area contributed by atoms with Gasteiger partial charge in [-0.05, 0) is 25.1 Å². The number of fused-ring (bicyclic) bond motifs is 1. The monoisotopic (exact) mass is 387 g/mol. The quantitative estimate of drug-likeness (QED) is 0.527. The molecule has 0 aliphatic rings. The van der Waals surface area contributed by atoms with E-state index in [2.05, 4.69) is 60.2 Å². The lowest BCUT2D eigenvalue weighted by atomic mass is 10.3. The molecule has 0 fully saturated rings. The number of thiazole rings is 1. The van der Waals surface area contributed by atoms with Crippen molar-refractivity contribution < 1.29 is 0 Å². The smallest absolute Gasteiger partial charge is 0.169 e. The van der Waals surface area contributed by atoms with Gasteiger partial charge in [-0.3, -0.25) is 0 Å². The predicted molar refractivity (Wildman–Crippen MR) is 95.5 cm³/mol. The van der Waals surface area contributed by atoms with Gasteiger partial charge in [-0.2, -0.15) is 0 Å². The molecule has 0 aliphatic carbocycles. The Bertz CT molecular complexity index is 954. The van der Waals surface area contributed by atoms with Crippen LogP contribution in [0.1, 0.15) is 12.7 Å². The van der Waals surface area contributed by atoms with Crippen LogP contribution in [0, 0.1) is 0 Å². The molecule has 7 heteroatoms. The van der Waals surface area contributed by atoms with E-state index >= 15 is 0 Å². The highest BCUT2D eigenvalue weighted by Crippen LogP contribution is 2.24. The summed E-state index contributed by atoms with van der Waals surface area (Å²) >= 11 is 5.11. The van der Waals surface area contributed by atoms with Gasteiger partial charge in [0, 0.05) is 35.0 Å². The van der Waals surface area contributed by atoms with Gasteiger partial charge in [-0.1, -0.05) is 15.9 Å². The summed E-state index contributed by atoms with van der Waals surface area (Å²) in [5, 5.41) is 2.89. The fraction of sp³-hybridized carbons (Fsp3) is 0.188. The zero-order chi connectivity index (χ0) is 15.8. The standard InChI is InChI=1S/C16H14BrN5S/c1-2-22-13-4-3-11(17)9-12(13)20-14(22)10-21-7-5-18-15(21)16-19-6-8-23-16/h3-9H,2,10H2,1H3. The van der Waals surface area contributed by atoms with Gasteiger partial charge in [-0.15, -0.1) is 11.3 Å². The van der Waals surface area contributed by atoms with E-state index in [0.29, 0.717) is 6.54 Å². The van der Waals surface area contributed by atoms with E-state index < -0.39 is 0 Å². The largest absolute Gasteiger partial charge is 0.327 e. The molecule has 1 aromatic carbocycles. The molecule has 0 atom stereocenters. The van der Waals surface area contributed by atoms with E-state index in [9.17, 15) is 0 Å². The molecule has 4 rings (SSSR count). The van der Waals surface area contributed by atoms with Crippen LogP contribution in [0.5, 0.6) is 0 Å². The minimum atomic E-state index is 0.676. The fourth-order valence-electron chi connectivity index (χ4n) is 2.75. The second kappa shape index (κ2) is 5.90. The van der Waals surface area contributed by atoms with Crippen LogP contribution in [0.4, 0.5) is 0 Å². The molecule has 0 N–H and O–H groups in total. The lowest BCUT2D eigenvalue weighted by Crippen LogP contribution is -2.08. The normalized spacial score (nSPS) is 11.4. The first-order valence-electron chi connectivity index (χ1n) is 7.32. The second-order valence-corrected chi connectivity index (χ2v) is 6.93. The highest BCUT2D eigenvalue weighted by atomic mass is 79.9. The SMILES string of the molecule is CCn1c(Cn2ccnc2-c2nccs2)nc2cc(Br)ccc21. The molecule has 0 radical (unpaired) electrons. The maximum Gasteiger partial charge on any atom is 0.169 e. The van der Waals surface area contributed by atoms with Gasteiger partial charge in [-0.25, -0.2) is 15.0 Å². The van der Waals surface area contributed by atoms with Crippen molar-refractivity contribution in [1.82, 2.24) is 24.1 Å². The summed E-state index contributed by atoms with van der Waals surface area (Å²) in [6.07, 6.45) is 5.59. The van der Waals surface area contributed by atoms with Gasteiger partial charge in [0.25, 0.3) is 0 Å². The van der Waals surface area contributed by atoms with Gasteiger partial charge >= 0.3 is 0 Å². The van der Waals surface area contributed by atoms with E-state index in [-0.39, 0.29) is 0 Å². The molecule has 3 heterocycles. The minimum Gasteiger partial charge on any atom is -0.327 e. The molecule has 23 heavy (non-hydrogen) atoms. The highest BCUT2D eigenvalue weighted by molar-refractivity contribution is 9.10. The van der Waals surface area contributed by atoms with E-state index in [4.69, 9.17) is 4.98 Å². The summed E-state index contributed by atoms with van der Waals surface area (Å²) in [7, 11) is 0. The first kappa shape index (κ1) is 14.6. The average molecular weight is 388 g/mol. The van der Waals surface area contributed by atoms with Crippen LogP contribution in [0.2, 0.25) is 0 Å². The van der Waals surface area contributed by atoms with Crippen LogP contribution in [-0.4, -0.2) is 24.1 Å². The first-order valence-corrected chi connectivity index (χ1v) is 8.99. The minimum absolute atomic E-state index is 0.676. The maximum absolute atomic E-state index is 4.81. The summed E-state index contributed by atoms with van der Waals surface area (Å²) in [6.45, 7) is 3.70. The number of imidazole rings is 2. The summed E-state index contributed by atoms with van der Waals surface area (Å²) in [5.74, 6) is 1.91.